The molecule has 0 saturated carbocycles. The van der Waals surface area contributed by atoms with E-state index in [1.165, 1.54) is 6.92 Å². The van der Waals surface area contributed by atoms with E-state index in [0.29, 0.717) is 0 Å². The Morgan fingerprint density at radius 3 is 1.93 bits per heavy atom. The highest BCUT2D eigenvalue weighted by Gasteiger charge is 2.28. The first-order valence-electron chi connectivity index (χ1n) is 4.47. The fraction of sp³-hybridized carbons (Fsp3) is 1.00. The van der Waals surface area contributed by atoms with Crippen LogP contribution in [0.1, 0.15) is 26.2 Å². The van der Waals surface area contributed by atoms with E-state index in [2.05, 4.69) is 5.32 Å². The van der Waals surface area contributed by atoms with E-state index in [4.69, 9.17) is 0 Å². The lowest BCUT2D eigenvalue weighted by Crippen LogP contribution is -2.35. The third-order valence-corrected chi connectivity index (χ3v) is 1.75. The fourth-order valence-corrected chi connectivity index (χ4v) is 1.00. The second-order valence-corrected chi connectivity index (χ2v) is 3.40. The third kappa shape index (κ3) is 11.5. The lowest BCUT2D eigenvalue weighted by molar-refractivity contribution is -0.137. The van der Waals surface area contributed by atoms with Gasteiger partial charge in [0.15, 0.2) is 0 Å². The molecule has 0 aromatic heterocycles. The summed E-state index contributed by atoms with van der Waals surface area (Å²) in [4.78, 5) is 0. The number of alkyl halides is 6. The van der Waals surface area contributed by atoms with Crippen molar-refractivity contribution >= 4 is 0 Å². The van der Waals surface area contributed by atoms with Gasteiger partial charge >= 0.3 is 12.4 Å². The van der Waals surface area contributed by atoms with E-state index >= 15 is 0 Å². The SMILES string of the molecule is CC(CCCC(F)(F)F)NCC(F)(F)F. The van der Waals surface area contributed by atoms with Gasteiger partial charge in [-0.25, -0.2) is 0 Å². The highest BCUT2D eigenvalue weighted by Crippen LogP contribution is 2.22. The first-order valence-corrected chi connectivity index (χ1v) is 4.47. The molecular formula is C8H13F6N. The van der Waals surface area contributed by atoms with Crippen molar-refractivity contribution in [3.8, 4) is 0 Å². The quantitative estimate of drug-likeness (QED) is 0.723. The first-order chi connectivity index (χ1) is 6.60. The van der Waals surface area contributed by atoms with Crippen LogP contribution in [0.4, 0.5) is 26.3 Å². The van der Waals surface area contributed by atoms with Crippen LogP contribution in [-0.4, -0.2) is 24.9 Å². The standard InChI is InChI=1S/C8H13F6N/c1-6(15-5-8(12,13)14)3-2-4-7(9,10)11/h6,15H,2-5H2,1H3. The summed E-state index contributed by atoms with van der Waals surface area (Å²) in [6, 6.07) is -0.561. The molecule has 1 atom stereocenters. The maximum absolute atomic E-state index is 11.7. The summed E-state index contributed by atoms with van der Waals surface area (Å²) in [6.07, 6.45) is -9.59. The van der Waals surface area contributed by atoms with Gasteiger partial charge in [0.25, 0.3) is 0 Å². The normalized spacial score (nSPS) is 15.4. The second kappa shape index (κ2) is 5.58. The molecule has 0 rings (SSSR count). The van der Waals surface area contributed by atoms with Crippen LogP contribution >= 0.6 is 0 Å². The predicted molar refractivity (Wildman–Crippen MR) is 43.4 cm³/mol. The molecule has 7 heteroatoms. The van der Waals surface area contributed by atoms with E-state index in [-0.39, 0.29) is 12.8 Å². The van der Waals surface area contributed by atoms with E-state index in [1.54, 1.807) is 0 Å². The Morgan fingerprint density at radius 2 is 1.53 bits per heavy atom. The van der Waals surface area contributed by atoms with E-state index in [0.717, 1.165) is 0 Å². The summed E-state index contributed by atoms with van der Waals surface area (Å²) < 4.78 is 70.1. The van der Waals surface area contributed by atoms with Gasteiger partial charge in [-0.3, -0.25) is 0 Å². The number of hydrogen-bond donors (Lipinski definition) is 1. The Labute approximate surface area is 83.8 Å². The summed E-state index contributed by atoms with van der Waals surface area (Å²) in [5.74, 6) is 0. The van der Waals surface area contributed by atoms with Crippen molar-refractivity contribution in [2.45, 2.75) is 44.6 Å². The largest absolute Gasteiger partial charge is 0.401 e. The van der Waals surface area contributed by atoms with Gasteiger partial charge in [-0.15, -0.1) is 0 Å². The molecule has 0 fully saturated rings. The topological polar surface area (TPSA) is 12.0 Å². The first kappa shape index (κ1) is 14.5. The molecule has 15 heavy (non-hydrogen) atoms. The molecule has 0 bridgehead atoms. The van der Waals surface area contributed by atoms with E-state index in [9.17, 15) is 26.3 Å². The lowest BCUT2D eigenvalue weighted by Gasteiger charge is -2.15. The molecule has 1 nitrogen and oxygen atoms in total. The molecule has 0 aliphatic rings. The Kier molecular flexibility index (Phi) is 5.41. The summed E-state index contributed by atoms with van der Waals surface area (Å²) in [7, 11) is 0. The van der Waals surface area contributed by atoms with E-state index < -0.39 is 31.4 Å². The minimum Gasteiger partial charge on any atom is -0.306 e. The zero-order valence-corrected chi connectivity index (χ0v) is 8.17. The highest BCUT2D eigenvalue weighted by atomic mass is 19.4. The number of hydrogen-bond acceptors (Lipinski definition) is 1. The highest BCUT2D eigenvalue weighted by molar-refractivity contribution is 4.65. The van der Waals surface area contributed by atoms with Gasteiger partial charge < -0.3 is 5.32 Å². The van der Waals surface area contributed by atoms with Gasteiger partial charge in [0.2, 0.25) is 0 Å². The van der Waals surface area contributed by atoms with Gasteiger partial charge in [0, 0.05) is 12.5 Å². The molecule has 0 aromatic carbocycles. The zero-order chi connectivity index (χ0) is 12.1. The van der Waals surface area contributed by atoms with E-state index in [1.807, 2.05) is 0 Å². The van der Waals surface area contributed by atoms with Crippen LogP contribution < -0.4 is 5.32 Å². The van der Waals surface area contributed by atoms with Crippen LogP contribution in [0.15, 0.2) is 0 Å². The Morgan fingerprint density at radius 1 is 1.00 bits per heavy atom. The van der Waals surface area contributed by atoms with Gasteiger partial charge in [0.05, 0.1) is 6.54 Å². The average Bonchev–Trinajstić information content (AvgIpc) is 1.97. The Balaban J connectivity index is 3.54. The average molecular weight is 237 g/mol. The summed E-state index contributed by atoms with van der Waals surface area (Å²) in [6.45, 7) is 0.266. The maximum atomic E-state index is 11.7. The number of halogens is 6. The zero-order valence-electron chi connectivity index (χ0n) is 8.17. The summed E-state index contributed by atoms with van der Waals surface area (Å²) >= 11 is 0. The van der Waals surface area contributed by atoms with Crippen LogP contribution in [0, 0.1) is 0 Å². The molecule has 0 aromatic rings. The molecular weight excluding hydrogens is 224 g/mol. The van der Waals surface area contributed by atoms with Crippen LogP contribution in [0.3, 0.4) is 0 Å². The smallest absolute Gasteiger partial charge is 0.306 e. The van der Waals surface area contributed by atoms with Gasteiger partial charge in [-0.2, -0.15) is 26.3 Å². The van der Waals surface area contributed by atoms with Crippen molar-refractivity contribution < 1.29 is 26.3 Å². The second-order valence-electron chi connectivity index (χ2n) is 3.40. The Bertz CT molecular complexity index is 173. The van der Waals surface area contributed by atoms with Crippen LogP contribution in [0.5, 0.6) is 0 Å². The molecule has 0 aliphatic carbocycles. The minimum absolute atomic E-state index is 0.0790. The predicted octanol–water partition coefficient (Wildman–Crippen LogP) is 3.26. The minimum atomic E-state index is -4.32. The molecule has 0 saturated heterocycles. The Hall–Kier alpha value is -0.460. The van der Waals surface area contributed by atoms with Crippen molar-refractivity contribution in [2.24, 2.45) is 0 Å². The number of nitrogens with one attached hydrogen (secondary N) is 1. The van der Waals surface area contributed by atoms with Gasteiger partial charge in [-0.1, -0.05) is 0 Å². The lowest BCUT2D eigenvalue weighted by atomic mass is 10.1. The van der Waals surface area contributed by atoms with Crippen molar-refractivity contribution in [3.63, 3.8) is 0 Å². The van der Waals surface area contributed by atoms with Crippen molar-refractivity contribution in [1.82, 2.24) is 5.32 Å². The summed E-state index contributed by atoms with van der Waals surface area (Å²) in [5, 5.41) is 2.12. The van der Waals surface area contributed by atoms with Crippen LogP contribution in [0.2, 0.25) is 0 Å². The van der Waals surface area contributed by atoms with Crippen molar-refractivity contribution in [2.75, 3.05) is 6.54 Å². The van der Waals surface area contributed by atoms with Gasteiger partial charge in [0.1, 0.15) is 0 Å². The van der Waals surface area contributed by atoms with Crippen LogP contribution in [0.25, 0.3) is 0 Å². The molecule has 1 unspecified atom stereocenters. The monoisotopic (exact) mass is 237 g/mol. The van der Waals surface area contributed by atoms with Gasteiger partial charge in [-0.05, 0) is 19.8 Å². The van der Waals surface area contributed by atoms with Crippen LogP contribution in [-0.2, 0) is 0 Å². The molecule has 92 valence electrons. The molecule has 0 amide bonds. The molecule has 0 spiro atoms. The third-order valence-electron chi connectivity index (χ3n) is 1.75. The molecule has 0 radical (unpaired) electrons. The number of rotatable bonds is 5. The summed E-state index contributed by atoms with van der Waals surface area (Å²) in [5.41, 5.74) is 0. The fourth-order valence-electron chi connectivity index (χ4n) is 1.00. The molecule has 1 N–H and O–H groups in total. The molecule has 0 heterocycles. The molecule has 0 aliphatic heterocycles. The van der Waals surface area contributed by atoms with Crippen molar-refractivity contribution in [3.05, 3.63) is 0 Å². The van der Waals surface area contributed by atoms with Crippen molar-refractivity contribution in [1.29, 1.82) is 0 Å². The maximum Gasteiger partial charge on any atom is 0.401 e.